The van der Waals surface area contributed by atoms with Crippen molar-refractivity contribution >= 4 is 21.9 Å². The molecule has 19 heavy (non-hydrogen) atoms. The van der Waals surface area contributed by atoms with Gasteiger partial charge in [0.25, 0.3) is 0 Å². The zero-order chi connectivity index (χ0) is 14.4. The molecule has 0 aromatic carbocycles. The highest BCUT2D eigenvalue weighted by molar-refractivity contribution is 9.11. The van der Waals surface area contributed by atoms with Crippen LogP contribution >= 0.6 is 15.9 Å². The van der Waals surface area contributed by atoms with Crippen molar-refractivity contribution in [1.29, 1.82) is 0 Å². The molecule has 0 spiro atoms. The van der Waals surface area contributed by atoms with Gasteiger partial charge in [-0.2, -0.15) is 0 Å². The largest absolute Gasteiger partial charge is 0.464 e. The molecule has 0 saturated carbocycles. The molecule has 1 aliphatic rings. The maximum Gasteiger partial charge on any atom is 0.339 e. The first-order valence-corrected chi connectivity index (χ1v) is 7.92. The van der Waals surface area contributed by atoms with Crippen molar-refractivity contribution in [3.8, 4) is 0 Å². The molecule has 0 aliphatic carbocycles. The van der Waals surface area contributed by atoms with Gasteiger partial charge in [0.2, 0.25) is 0 Å². The summed E-state index contributed by atoms with van der Waals surface area (Å²) in [5.74, 6) is 0.303. The summed E-state index contributed by atoms with van der Waals surface area (Å²) in [6.07, 6.45) is 3.29. The van der Waals surface area contributed by atoms with Gasteiger partial charge in [-0.05, 0) is 35.7 Å². The summed E-state index contributed by atoms with van der Waals surface area (Å²) in [6, 6.07) is 0. The van der Waals surface area contributed by atoms with E-state index < -0.39 is 6.10 Å². The van der Waals surface area contributed by atoms with Crippen LogP contribution in [-0.2, 0) is 14.3 Å². The van der Waals surface area contributed by atoms with E-state index in [1.54, 1.807) is 0 Å². The second kappa shape index (κ2) is 8.05. The molecule has 0 radical (unpaired) electrons. The first-order chi connectivity index (χ1) is 8.95. The van der Waals surface area contributed by atoms with Crippen molar-refractivity contribution in [2.24, 2.45) is 5.92 Å². The number of rotatable bonds is 6. The Morgan fingerprint density at radius 3 is 2.79 bits per heavy atom. The molecule has 110 valence electrons. The van der Waals surface area contributed by atoms with E-state index in [-0.39, 0.29) is 12.1 Å². The summed E-state index contributed by atoms with van der Waals surface area (Å²) in [6.45, 7) is 8.82. The van der Waals surface area contributed by atoms with Crippen molar-refractivity contribution < 1.29 is 14.3 Å². The van der Waals surface area contributed by atoms with Crippen LogP contribution in [0.3, 0.4) is 0 Å². The highest BCUT2D eigenvalue weighted by Crippen LogP contribution is 2.32. The van der Waals surface area contributed by atoms with Crippen LogP contribution in [0.4, 0.5) is 0 Å². The summed E-state index contributed by atoms with van der Waals surface area (Å²) < 4.78 is 12.3. The van der Waals surface area contributed by atoms with Crippen LogP contribution in [0.15, 0.2) is 10.1 Å². The summed E-state index contributed by atoms with van der Waals surface area (Å²) >= 11 is 3.57. The van der Waals surface area contributed by atoms with Gasteiger partial charge in [0.15, 0.2) is 6.10 Å². The van der Waals surface area contributed by atoms with Crippen LogP contribution < -0.4 is 0 Å². The SMILES string of the molecule is CCCCOC(=O)[C@H]1O[C@H](CC(C)C)CC(Br)=C1C. The minimum atomic E-state index is -0.538. The van der Waals surface area contributed by atoms with E-state index in [4.69, 9.17) is 9.47 Å². The third kappa shape index (κ3) is 5.27. The molecule has 0 N–H and O–H groups in total. The first kappa shape index (κ1) is 16.7. The number of ether oxygens (including phenoxy) is 2. The minimum Gasteiger partial charge on any atom is -0.464 e. The van der Waals surface area contributed by atoms with Gasteiger partial charge in [-0.15, -0.1) is 0 Å². The van der Waals surface area contributed by atoms with Crippen LogP contribution in [0, 0.1) is 5.92 Å². The highest BCUT2D eigenvalue weighted by atomic mass is 79.9. The lowest BCUT2D eigenvalue weighted by Gasteiger charge is -2.31. The van der Waals surface area contributed by atoms with Crippen LogP contribution in [0.1, 0.15) is 53.4 Å². The van der Waals surface area contributed by atoms with E-state index in [1.165, 1.54) is 0 Å². The summed E-state index contributed by atoms with van der Waals surface area (Å²) in [5, 5.41) is 0. The fourth-order valence-electron chi connectivity index (χ4n) is 2.14. The molecule has 0 saturated heterocycles. The fraction of sp³-hybridized carbons (Fsp3) is 0.800. The van der Waals surface area contributed by atoms with Crippen molar-refractivity contribution in [1.82, 2.24) is 0 Å². The van der Waals surface area contributed by atoms with Gasteiger partial charge >= 0.3 is 5.97 Å². The lowest BCUT2D eigenvalue weighted by atomic mass is 9.98. The Kier molecular flexibility index (Phi) is 7.08. The molecule has 0 fully saturated rings. The van der Waals surface area contributed by atoms with Crippen LogP contribution in [-0.4, -0.2) is 24.8 Å². The monoisotopic (exact) mass is 332 g/mol. The Bertz CT molecular complexity index is 336. The molecule has 0 unspecified atom stereocenters. The molecule has 0 aromatic heterocycles. The summed E-state index contributed by atoms with van der Waals surface area (Å²) in [5.41, 5.74) is 0.946. The predicted octanol–water partition coefficient (Wildman–Crippen LogP) is 4.20. The van der Waals surface area contributed by atoms with E-state index in [0.29, 0.717) is 12.5 Å². The Labute approximate surface area is 124 Å². The standard InChI is InChI=1S/C15H25BrO3/c1-5-6-7-18-15(17)14-11(4)13(16)9-12(19-14)8-10(2)3/h10,12,14H,5-9H2,1-4H3/t12-,14+/m1/s1. The molecule has 1 heterocycles. The third-order valence-corrected chi connectivity index (χ3v) is 4.20. The van der Waals surface area contributed by atoms with Crippen molar-refractivity contribution in [3.05, 3.63) is 10.1 Å². The second-order valence-corrected chi connectivity index (χ2v) is 6.54. The molecule has 0 bridgehead atoms. The van der Waals surface area contributed by atoms with Gasteiger partial charge in [0, 0.05) is 6.42 Å². The van der Waals surface area contributed by atoms with E-state index in [9.17, 15) is 4.79 Å². The quantitative estimate of drug-likeness (QED) is 0.540. The number of esters is 1. The molecular weight excluding hydrogens is 308 g/mol. The smallest absolute Gasteiger partial charge is 0.339 e. The predicted molar refractivity (Wildman–Crippen MR) is 80.2 cm³/mol. The summed E-state index contributed by atoms with van der Waals surface area (Å²) in [7, 11) is 0. The Morgan fingerprint density at radius 1 is 1.53 bits per heavy atom. The Morgan fingerprint density at radius 2 is 2.21 bits per heavy atom. The second-order valence-electron chi connectivity index (χ2n) is 5.58. The number of hydrogen-bond donors (Lipinski definition) is 0. The van der Waals surface area contributed by atoms with Crippen molar-refractivity contribution in [2.45, 2.75) is 65.6 Å². The lowest BCUT2D eigenvalue weighted by Crippen LogP contribution is -2.36. The van der Waals surface area contributed by atoms with Crippen LogP contribution in [0.2, 0.25) is 0 Å². The number of hydrogen-bond acceptors (Lipinski definition) is 3. The first-order valence-electron chi connectivity index (χ1n) is 7.12. The van der Waals surface area contributed by atoms with E-state index in [1.807, 2.05) is 6.92 Å². The minimum absolute atomic E-state index is 0.0989. The van der Waals surface area contributed by atoms with Gasteiger partial charge in [0.1, 0.15) is 0 Å². The van der Waals surface area contributed by atoms with Gasteiger partial charge in [-0.1, -0.05) is 43.1 Å². The Balaban J connectivity index is 2.64. The number of halogens is 1. The van der Waals surface area contributed by atoms with E-state index in [2.05, 4.69) is 36.7 Å². The molecule has 3 nitrogen and oxygen atoms in total. The summed E-state index contributed by atoms with van der Waals surface area (Å²) in [4.78, 5) is 12.1. The number of carbonyl (C=O) groups excluding carboxylic acids is 1. The molecular formula is C15H25BrO3. The Hall–Kier alpha value is -0.350. The maximum absolute atomic E-state index is 12.1. The van der Waals surface area contributed by atoms with Gasteiger partial charge < -0.3 is 9.47 Å². The van der Waals surface area contributed by atoms with Crippen LogP contribution in [0.25, 0.3) is 0 Å². The zero-order valence-corrected chi connectivity index (χ0v) is 14.0. The lowest BCUT2D eigenvalue weighted by molar-refractivity contribution is -0.159. The number of carbonyl (C=O) groups is 1. The average molecular weight is 333 g/mol. The van der Waals surface area contributed by atoms with E-state index >= 15 is 0 Å². The normalized spacial score (nSPS) is 23.9. The van der Waals surface area contributed by atoms with Gasteiger partial charge in [-0.3, -0.25) is 0 Å². The molecule has 1 rings (SSSR count). The fourth-order valence-corrected chi connectivity index (χ4v) is 2.70. The van der Waals surface area contributed by atoms with Gasteiger partial charge in [-0.25, -0.2) is 4.79 Å². The molecule has 2 atom stereocenters. The zero-order valence-electron chi connectivity index (χ0n) is 12.4. The highest BCUT2D eigenvalue weighted by Gasteiger charge is 2.32. The van der Waals surface area contributed by atoms with Crippen molar-refractivity contribution in [3.63, 3.8) is 0 Å². The average Bonchev–Trinajstić information content (AvgIpc) is 2.33. The van der Waals surface area contributed by atoms with Gasteiger partial charge in [0.05, 0.1) is 12.7 Å². The molecule has 0 amide bonds. The number of unbranched alkanes of at least 4 members (excludes halogenated alkanes) is 1. The topological polar surface area (TPSA) is 35.5 Å². The van der Waals surface area contributed by atoms with Crippen molar-refractivity contribution in [2.75, 3.05) is 6.61 Å². The third-order valence-electron chi connectivity index (χ3n) is 3.25. The molecule has 0 aromatic rings. The molecule has 1 aliphatic heterocycles. The van der Waals surface area contributed by atoms with E-state index in [0.717, 1.165) is 35.7 Å². The van der Waals surface area contributed by atoms with Crippen LogP contribution in [0.5, 0.6) is 0 Å². The molecule has 4 heteroatoms. The maximum atomic E-state index is 12.1.